The molecule has 5 aromatic rings. The summed E-state index contributed by atoms with van der Waals surface area (Å²) in [5, 5.41) is 9.34. The summed E-state index contributed by atoms with van der Waals surface area (Å²) in [6.45, 7) is 7.90. The first-order valence-electron chi connectivity index (χ1n) is 15.2. The van der Waals surface area contributed by atoms with Crippen LogP contribution in [0.15, 0.2) is 85.3 Å². The number of hydrogen-bond acceptors (Lipinski definition) is 7. The number of anilines is 2. The highest BCUT2D eigenvalue weighted by Gasteiger charge is 2.20. The number of aromatic nitrogens is 3. The minimum atomic E-state index is 0.574. The summed E-state index contributed by atoms with van der Waals surface area (Å²) >= 11 is 0. The minimum Gasteiger partial charge on any atom is -0.493 e. The van der Waals surface area contributed by atoms with Crippen molar-refractivity contribution >= 4 is 33.3 Å². The average Bonchev–Trinajstić information content (AvgIpc) is 3.03. The molecule has 6 rings (SSSR count). The van der Waals surface area contributed by atoms with Gasteiger partial charge in [-0.1, -0.05) is 42.5 Å². The van der Waals surface area contributed by atoms with Crippen LogP contribution in [-0.2, 0) is 6.42 Å². The molecule has 0 aliphatic carbocycles. The fourth-order valence-electron chi connectivity index (χ4n) is 5.76. The molecule has 1 aliphatic rings. The fraction of sp³-hybridized carbons (Fsp3) is 0.343. The van der Waals surface area contributed by atoms with Crippen LogP contribution in [0.4, 0.5) is 11.5 Å². The number of hydrogen-bond donors (Lipinski definition) is 2. The highest BCUT2D eigenvalue weighted by molar-refractivity contribution is 5.91. The quantitative estimate of drug-likeness (QED) is 0.164. The highest BCUT2D eigenvalue weighted by Crippen LogP contribution is 2.26. The van der Waals surface area contributed by atoms with E-state index in [-0.39, 0.29) is 0 Å². The maximum atomic E-state index is 6.25. The lowest BCUT2D eigenvalue weighted by Crippen LogP contribution is -2.38. The SMILES string of the molecule is Cc1ccc2c(NCCN3CCC(COc4ccc5c(NCCCc6ccccc6)ncnc5c4)CC3)ccnc2c1. The molecular formula is C35H40N6O. The van der Waals surface area contributed by atoms with Crippen LogP contribution >= 0.6 is 0 Å². The Kier molecular flexibility index (Phi) is 9.05. The molecule has 1 saturated heterocycles. The van der Waals surface area contributed by atoms with Crippen molar-refractivity contribution in [2.24, 2.45) is 5.92 Å². The van der Waals surface area contributed by atoms with Gasteiger partial charge in [-0.15, -0.1) is 0 Å². The van der Waals surface area contributed by atoms with Crippen LogP contribution in [0.25, 0.3) is 21.8 Å². The van der Waals surface area contributed by atoms with E-state index in [0.29, 0.717) is 5.92 Å². The smallest absolute Gasteiger partial charge is 0.137 e. The highest BCUT2D eigenvalue weighted by atomic mass is 16.5. The van der Waals surface area contributed by atoms with Gasteiger partial charge in [-0.25, -0.2) is 9.97 Å². The summed E-state index contributed by atoms with van der Waals surface area (Å²) in [6.07, 6.45) is 7.94. The number of pyridine rings is 1. The predicted molar refractivity (Wildman–Crippen MR) is 172 cm³/mol. The van der Waals surface area contributed by atoms with Crippen molar-refractivity contribution in [1.82, 2.24) is 19.9 Å². The van der Waals surface area contributed by atoms with E-state index in [1.807, 2.05) is 18.3 Å². The molecule has 3 aromatic carbocycles. The van der Waals surface area contributed by atoms with Crippen LogP contribution in [0.5, 0.6) is 5.75 Å². The summed E-state index contributed by atoms with van der Waals surface area (Å²) in [7, 11) is 0. The van der Waals surface area contributed by atoms with Gasteiger partial charge in [0.1, 0.15) is 17.9 Å². The maximum Gasteiger partial charge on any atom is 0.137 e. The lowest BCUT2D eigenvalue weighted by Gasteiger charge is -2.32. The molecule has 0 atom stereocenters. The zero-order chi connectivity index (χ0) is 28.6. The standard InChI is InChI=1S/C35H40N6O/c1-26-9-11-30-32(13-17-36-33(30)22-26)37-18-21-41-19-14-28(15-20-41)24-42-29-10-12-31-34(23-29)39-25-40-35(31)38-16-5-8-27-6-3-2-4-7-27/h2-4,6-7,9-13,17,22-23,25,28H,5,8,14-16,18-21,24H2,1H3,(H,36,37)(H,38,39,40). The van der Waals surface area contributed by atoms with E-state index in [9.17, 15) is 0 Å². The normalized spacial score (nSPS) is 14.3. The average molecular weight is 561 g/mol. The molecule has 0 spiro atoms. The number of nitrogens with one attached hydrogen (secondary N) is 2. The lowest BCUT2D eigenvalue weighted by atomic mass is 9.98. The van der Waals surface area contributed by atoms with Crippen molar-refractivity contribution in [3.05, 3.63) is 96.4 Å². The van der Waals surface area contributed by atoms with Gasteiger partial charge in [0.25, 0.3) is 0 Å². The third kappa shape index (κ3) is 7.15. The van der Waals surface area contributed by atoms with Gasteiger partial charge in [-0.2, -0.15) is 0 Å². The predicted octanol–water partition coefficient (Wildman–Crippen LogP) is 6.73. The molecular weight excluding hydrogens is 520 g/mol. The molecule has 1 aliphatic heterocycles. The molecule has 3 heterocycles. The molecule has 0 amide bonds. The van der Waals surface area contributed by atoms with E-state index in [1.165, 1.54) is 16.5 Å². The van der Waals surface area contributed by atoms with Gasteiger partial charge in [0, 0.05) is 48.4 Å². The number of piperidine rings is 1. The van der Waals surface area contributed by atoms with E-state index >= 15 is 0 Å². The Labute approximate surface area is 248 Å². The molecule has 0 radical (unpaired) electrons. The van der Waals surface area contributed by atoms with Gasteiger partial charge in [0.15, 0.2) is 0 Å². The second kappa shape index (κ2) is 13.6. The molecule has 216 valence electrons. The fourth-order valence-corrected chi connectivity index (χ4v) is 5.76. The molecule has 2 N–H and O–H groups in total. The monoisotopic (exact) mass is 560 g/mol. The summed E-state index contributed by atoms with van der Waals surface area (Å²) < 4.78 is 6.25. The van der Waals surface area contributed by atoms with Crippen LogP contribution in [0.1, 0.15) is 30.4 Å². The van der Waals surface area contributed by atoms with E-state index in [2.05, 4.69) is 98.1 Å². The number of likely N-dealkylation sites (tertiary alicyclic amines) is 1. The van der Waals surface area contributed by atoms with Gasteiger partial charge in [-0.05, 0) is 87.0 Å². The van der Waals surface area contributed by atoms with Crippen molar-refractivity contribution in [2.45, 2.75) is 32.6 Å². The Morgan fingerprint density at radius 3 is 2.55 bits per heavy atom. The zero-order valence-electron chi connectivity index (χ0n) is 24.4. The van der Waals surface area contributed by atoms with Crippen LogP contribution < -0.4 is 15.4 Å². The molecule has 0 bridgehead atoms. The van der Waals surface area contributed by atoms with Gasteiger partial charge in [0.05, 0.1) is 17.6 Å². The Bertz CT molecular complexity index is 1600. The topological polar surface area (TPSA) is 75.2 Å². The molecule has 7 nitrogen and oxygen atoms in total. The van der Waals surface area contributed by atoms with Gasteiger partial charge >= 0.3 is 0 Å². The van der Waals surface area contributed by atoms with Crippen LogP contribution in [-0.4, -0.2) is 59.2 Å². The molecule has 2 aromatic heterocycles. The zero-order valence-corrected chi connectivity index (χ0v) is 24.4. The molecule has 0 saturated carbocycles. The number of benzene rings is 3. The van der Waals surface area contributed by atoms with E-state index in [4.69, 9.17) is 4.74 Å². The van der Waals surface area contributed by atoms with Crippen molar-refractivity contribution < 1.29 is 4.74 Å². The number of aryl methyl sites for hydroxylation is 2. The van der Waals surface area contributed by atoms with E-state index < -0.39 is 0 Å². The summed E-state index contributed by atoms with van der Waals surface area (Å²) in [5.74, 6) is 2.33. The third-order valence-electron chi connectivity index (χ3n) is 8.22. The van der Waals surface area contributed by atoms with Crippen molar-refractivity contribution in [3.63, 3.8) is 0 Å². The van der Waals surface area contributed by atoms with Gasteiger partial charge in [0.2, 0.25) is 0 Å². The van der Waals surface area contributed by atoms with Gasteiger partial charge in [-0.3, -0.25) is 4.98 Å². The lowest BCUT2D eigenvalue weighted by molar-refractivity contribution is 0.145. The second-order valence-corrected chi connectivity index (χ2v) is 11.3. The second-order valence-electron chi connectivity index (χ2n) is 11.3. The first kappa shape index (κ1) is 27.9. The molecule has 7 heteroatoms. The minimum absolute atomic E-state index is 0.574. The summed E-state index contributed by atoms with van der Waals surface area (Å²) in [6, 6.07) is 25.3. The van der Waals surface area contributed by atoms with Crippen molar-refractivity contribution in [3.8, 4) is 5.75 Å². The van der Waals surface area contributed by atoms with E-state index in [1.54, 1.807) is 6.33 Å². The Morgan fingerprint density at radius 2 is 1.67 bits per heavy atom. The van der Waals surface area contributed by atoms with Crippen molar-refractivity contribution in [1.29, 1.82) is 0 Å². The largest absolute Gasteiger partial charge is 0.493 e. The first-order valence-corrected chi connectivity index (χ1v) is 15.2. The molecule has 1 fully saturated rings. The number of ether oxygens (including phenoxy) is 1. The Hall–Kier alpha value is -4.23. The van der Waals surface area contributed by atoms with Crippen LogP contribution in [0, 0.1) is 12.8 Å². The third-order valence-corrected chi connectivity index (χ3v) is 8.22. The van der Waals surface area contributed by atoms with Crippen LogP contribution in [0.3, 0.4) is 0 Å². The summed E-state index contributed by atoms with van der Waals surface area (Å²) in [5.41, 5.74) is 5.72. The Balaban J connectivity index is 0.931. The maximum absolute atomic E-state index is 6.25. The number of fused-ring (bicyclic) bond motifs is 2. The number of nitrogens with zero attached hydrogens (tertiary/aromatic N) is 4. The van der Waals surface area contributed by atoms with Crippen LogP contribution in [0.2, 0.25) is 0 Å². The number of rotatable bonds is 12. The molecule has 42 heavy (non-hydrogen) atoms. The van der Waals surface area contributed by atoms with Crippen molar-refractivity contribution in [2.75, 3.05) is 50.0 Å². The first-order chi connectivity index (χ1) is 20.7. The van der Waals surface area contributed by atoms with E-state index in [0.717, 1.165) is 98.7 Å². The summed E-state index contributed by atoms with van der Waals surface area (Å²) in [4.78, 5) is 16.1. The molecule has 0 unspecified atom stereocenters. The Morgan fingerprint density at radius 1 is 0.833 bits per heavy atom. The van der Waals surface area contributed by atoms with Gasteiger partial charge < -0.3 is 20.3 Å².